The van der Waals surface area contributed by atoms with Crippen molar-refractivity contribution in [2.45, 2.75) is 39.7 Å². The molecule has 3 aromatic rings. The van der Waals surface area contributed by atoms with E-state index in [0.29, 0.717) is 12.3 Å². The quantitative estimate of drug-likeness (QED) is 0.719. The Morgan fingerprint density at radius 2 is 2.21 bits per heavy atom. The first kappa shape index (κ1) is 15.3. The van der Waals surface area contributed by atoms with Gasteiger partial charge in [-0.3, -0.25) is 4.79 Å². The van der Waals surface area contributed by atoms with Gasteiger partial charge in [-0.2, -0.15) is 4.98 Å². The summed E-state index contributed by atoms with van der Waals surface area (Å²) in [6, 6.07) is 4.18. The Morgan fingerprint density at radius 1 is 1.38 bits per heavy atom. The zero-order chi connectivity index (χ0) is 16.8. The average Bonchev–Trinajstić information content (AvgIpc) is 3.19. The topological polar surface area (TPSA) is 63.4 Å². The first-order chi connectivity index (χ1) is 11.6. The van der Waals surface area contributed by atoms with Crippen LogP contribution in [-0.4, -0.2) is 36.9 Å². The molecule has 0 saturated heterocycles. The van der Waals surface area contributed by atoms with Crippen molar-refractivity contribution in [1.29, 1.82) is 0 Å². The van der Waals surface area contributed by atoms with Gasteiger partial charge in [0.15, 0.2) is 0 Å². The molecule has 4 rings (SSSR count). The number of hydrogen-bond acceptors (Lipinski definition) is 5. The molecule has 124 valence electrons. The minimum absolute atomic E-state index is 0.106. The van der Waals surface area contributed by atoms with Crippen LogP contribution in [-0.2, 0) is 6.42 Å². The number of thiophene rings is 1. The van der Waals surface area contributed by atoms with E-state index >= 15 is 0 Å². The van der Waals surface area contributed by atoms with Crippen LogP contribution in [0.5, 0.6) is 0 Å². The van der Waals surface area contributed by atoms with E-state index < -0.39 is 0 Å². The lowest BCUT2D eigenvalue weighted by atomic mass is 9.98. The number of amides is 1. The Hall–Kier alpha value is -2.28. The van der Waals surface area contributed by atoms with Crippen molar-refractivity contribution in [3.63, 3.8) is 0 Å². The Bertz CT molecular complexity index is 928. The van der Waals surface area contributed by atoms with E-state index in [2.05, 4.69) is 33.4 Å². The van der Waals surface area contributed by atoms with E-state index in [1.807, 2.05) is 24.8 Å². The van der Waals surface area contributed by atoms with Crippen LogP contribution in [0.1, 0.15) is 51.8 Å². The number of aromatic nitrogens is 4. The number of carbonyl (C=O) groups excluding carboxylic acids is 1. The summed E-state index contributed by atoms with van der Waals surface area (Å²) in [4.78, 5) is 25.1. The normalized spacial score (nSPS) is 17.3. The number of nitrogens with zero attached hydrogens (tertiary/aromatic N) is 5. The smallest absolute Gasteiger partial charge is 0.294 e. The molecule has 1 aliphatic heterocycles. The highest BCUT2D eigenvalue weighted by Crippen LogP contribution is 2.35. The molecule has 0 spiro atoms. The van der Waals surface area contributed by atoms with Crippen molar-refractivity contribution < 1.29 is 4.79 Å². The number of carbonyl (C=O) groups is 1. The van der Waals surface area contributed by atoms with Crippen molar-refractivity contribution in [1.82, 2.24) is 24.5 Å². The van der Waals surface area contributed by atoms with Gasteiger partial charge in [-0.25, -0.2) is 9.50 Å². The molecule has 0 saturated carbocycles. The molecule has 0 fully saturated rings. The molecule has 0 radical (unpaired) electrons. The Morgan fingerprint density at radius 3 is 3.00 bits per heavy atom. The molecule has 1 amide bonds. The first-order valence-corrected chi connectivity index (χ1v) is 9.04. The maximum Gasteiger partial charge on any atom is 0.294 e. The lowest BCUT2D eigenvalue weighted by molar-refractivity contribution is 0.0645. The van der Waals surface area contributed by atoms with Crippen LogP contribution in [0.2, 0.25) is 0 Å². The highest BCUT2D eigenvalue weighted by molar-refractivity contribution is 7.10. The fourth-order valence-electron chi connectivity index (χ4n) is 3.47. The molecule has 1 aliphatic rings. The van der Waals surface area contributed by atoms with Gasteiger partial charge in [0.1, 0.15) is 0 Å². The highest BCUT2D eigenvalue weighted by atomic mass is 32.1. The van der Waals surface area contributed by atoms with Gasteiger partial charge in [-0.05, 0) is 49.8 Å². The SMILES string of the molecule is CC[C@H]1c2ccsc2CCN1C(=O)c1nc2nc(C)cc(C)n2n1. The molecule has 3 aromatic heterocycles. The molecule has 0 aliphatic carbocycles. The molecule has 6 nitrogen and oxygen atoms in total. The lowest BCUT2D eigenvalue weighted by Crippen LogP contribution is -2.39. The minimum atomic E-state index is -0.110. The maximum absolute atomic E-state index is 13.0. The summed E-state index contributed by atoms with van der Waals surface area (Å²) in [5.41, 5.74) is 3.07. The molecule has 4 heterocycles. The molecule has 1 atom stereocenters. The Balaban J connectivity index is 1.72. The van der Waals surface area contributed by atoms with Gasteiger partial charge >= 0.3 is 0 Å². The van der Waals surface area contributed by atoms with Crippen molar-refractivity contribution in [3.05, 3.63) is 45.2 Å². The number of rotatable bonds is 2. The largest absolute Gasteiger partial charge is 0.328 e. The fraction of sp³-hybridized carbons (Fsp3) is 0.412. The molecule has 0 bridgehead atoms. The van der Waals surface area contributed by atoms with Crippen LogP contribution in [0, 0.1) is 13.8 Å². The summed E-state index contributed by atoms with van der Waals surface area (Å²) in [5.74, 6) is 0.603. The van der Waals surface area contributed by atoms with E-state index in [0.717, 1.165) is 24.2 Å². The van der Waals surface area contributed by atoms with Gasteiger partial charge in [0, 0.05) is 22.8 Å². The lowest BCUT2D eigenvalue weighted by Gasteiger charge is -2.34. The van der Waals surface area contributed by atoms with Gasteiger partial charge in [-0.1, -0.05) is 6.92 Å². The second kappa shape index (κ2) is 5.66. The number of fused-ring (bicyclic) bond motifs is 2. The molecular weight excluding hydrogens is 322 g/mol. The number of hydrogen-bond donors (Lipinski definition) is 0. The zero-order valence-corrected chi connectivity index (χ0v) is 14.8. The van der Waals surface area contributed by atoms with E-state index in [-0.39, 0.29) is 17.8 Å². The fourth-order valence-corrected chi connectivity index (χ4v) is 4.39. The zero-order valence-electron chi connectivity index (χ0n) is 14.0. The third-order valence-corrected chi connectivity index (χ3v) is 5.55. The standard InChI is InChI=1S/C17H19N5OS/c1-4-13-12-6-8-24-14(12)5-7-21(13)16(23)15-19-17-18-10(2)9-11(3)22(17)20-15/h6,8-9,13H,4-5,7H2,1-3H3/t13-/m0/s1. The van der Waals surface area contributed by atoms with Crippen molar-refractivity contribution >= 4 is 23.0 Å². The molecule has 0 aromatic carbocycles. The summed E-state index contributed by atoms with van der Waals surface area (Å²) in [6.07, 6.45) is 1.79. The summed E-state index contributed by atoms with van der Waals surface area (Å²) >= 11 is 1.78. The third kappa shape index (κ3) is 2.31. The van der Waals surface area contributed by atoms with Gasteiger partial charge in [0.25, 0.3) is 11.7 Å². The van der Waals surface area contributed by atoms with Gasteiger partial charge in [-0.15, -0.1) is 16.4 Å². The average molecular weight is 341 g/mol. The Labute approximate surface area is 144 Å². The predicted molar refractivity (Wildman–Crippen MR) is 92.3 cm³/mol. The van der Waals surface area contributed by atoms with E-state index in [4.69, 9.17) is 0 Å². The molecule has 0 N–H and O–H groups in total. The first-order valence-electron chi connectivity index (χ1n) is 8.16. The molecule has 7 heteroatoms. The molecular formula is C17H19N5OS. The van der Waals surface area contributed by atoms with E-state index in [1.54, 1.807) is 15.9 Å². The summed E-state index contributed by atoms with van der Waals surface area (Å²) in [7, 11) is 0. The van der Waals surface area contributed by atoms with Crippen LogP contribution in [0.4, 0.5) is 0 Å². The van der Waals surface area contributed by atoms with E-state index in [1.165, 1.54) is 10.4 Å². The third-order valence-electron chi connectivity index (χ3n) is 4.55. The van der Waals surface area contributed by atoms with E-state index in [9.17, 15) is 4.79 Å². The predicted octanol–water partition coefficient (Wildman–Crippen LogP) is 2.95. The summed E-state index contributed by atoms with van der Waals surface area (Å²) in [5, 5.41) is 6.51. The van der Waals surface area contributed by atoms with Crippen molar-refractivity contribution in [3.8, 4) is 0 Å². The molecule has 24 heavy (non-hydrogen) atoms. The Kier molecular flexibility index (Phi) is 3.60. The summed E-state index contributed by atoms with van der Waals surface area (Å²) in [6.45, 7) is 6.69. The van der Waals surface area contributed by atoms with Gasteiger partial charge < -0.3 is 4.90 Å². The van der Waals surface area contributed by atoms with Crippen LogP contribution >= 0.6 is 11.3 Å². The van der Waals surface area contributed by atoms with Crippen LogP contribution in [0.3, 0.4) is 0 Å². The highest BCUT2D eigenvalue weighted by Gasteiger charge is 2.32. The number of aryl methyl sites for hydroxylation is 2. The molecule has 0 unspecified atom stereocenters. The second-order valence-corrected chi connectivity index (χ2v) is 7.16. The van der Waals surface area contributed by atoms with Gasteiger partial charge in [0.05, 0.1) is 6.04 Å². The van der Waals surface area contributed by atoms with Crippen LogP contribution < -0.4 is 0 Å². The summed E-state index contributed by atoms with van der Waals surface area (Å²) < 4.78 is 1.64. The minimum Gasteiger partial charge on any atom is -0.328 e. The van der Waals surface area contributed by atoms with Crippen LogP contribution in [0.25, 0.3) is 5.78 Å². The second-order valence-electron chi connectivity index (χ2n) is 6.16. The van der Waals surface area contributed by atoms with Gasteiger partial charge in [0.2, 0.25) is 5.82 Å². The van der Waals surface area contributed by atoms with Crippen molar-refractivity contribution in [2.24, 2.45) is 0 Å². The van der Waals surface area contributed by atoms with Crippen LogP contribution in [0.15, 0.2) is 17.5 Å². The maximum atomic E-state index is 13.0. The monoisotopic (exact) mass is 341 g/mol. The van der Waals surface area contributed by atoms with Crippen molar-refractivity contribution in [2.75, 3.05) is 6.54 Å².